The number of carboxylic acid groups (broad SMARTS) is 1. The van der Waals surface area contributed by atoms with Gasteiger partial charge in [0.05, 0.1) is 12.6 Å². The summed E-state index contributed by atoms with van der Waals surface area (Å²) in [5.41, 5.74) is 10.6. The summed E-state index contributed by atoms with van der Waals surface area (Å²) in [5, 5.41) is 28.9. The van der Waals surface area contributed by atoms with E-state index in [4.69, 9.17) is 16.6 Å². The van der Waals surface area contributed by atoms with Gasteiger partial charge in [0.15, 0.2) is 5.96 Å². The molecular weight excluding hydrogens is 434 g/mol. The van der Waals surface area contributed by atoms with E-state index in [0.717, 1.165) is 13.0 Å². The lowest BCUT2D eigenvalue weighted by atomic mass is 10.0. The van der Waals surface area contributed by atoms with Crippen LogP contribution in [0.2, 0.25) is 0 Å². The van der Waals surface area contributed by atoms with Crippen LogP contribution in [0.1, 0.15) is 46.0 Å². The van der Waals surface area contributed by atoms with Crippen LogP contribution < -0.4 is 32.7 Å². The molecule has 0 aliphatic carbocycles. The van der Waals surface area contributed by atoms with Gasteiger partial charge in [0.1, 0.15) is 18.1 Å². The highest BCUT2D eigenvalue weighted by Crippen LogP contribution is 2.10. The van der Waals surface area contributed by atoms with Crippen LogP contribution in [0.5, 0.6) is 0 Å². The number of hydrogen-bond acceptors (Lipinski definition) is 7. The van der Waals surface area contributed by atoms with E-state index in [1.165, 1.54) is 0 Å². The minimum absolute atomic E-state index is 0.0810. The predicted molar refractivity (Wildman–Crippen MR) is 121 cm³/mol. The number of guanidine groups is 1. The van der Waals surface area contributed by atoms with Crippen LogP contribution in [0.25, 0.3) is 0 Å². The van der Waals surface area contributed by atoms with Crippen molar-refractivity contribution < 1.29 is 29.4 Å². The first-order valence-electron chi connectivity index (χ1n) is 11.1. The van der Waals surface area contributed by atoms with Gasteiger partial charge in [0.2, 0.25) is 17.7 Å². The molecule has 1 saturated heterocycles. The molecule has 0 bridgehead atoms. The monoisotopic (exact) mass is 471 g/mol. The number of nitrogens with two attached hydrogens (primary N) is 2. The van der Waals surface area contributed by atoms with Crippen molar-refractivity contribution in [2.75, 3.05) is 19.7 Å². The lowest BCUT2D eigenvalue weighted by Gasteiger charge is -2.25. The fraction of sp³-hybridized carbons (Fsp3) is 0.750. The summed E-state index contributed by atoms with van der Waals surface area (Å²) in [6.45, 7) is 3.92. The number of amides is 3. The van der Waals surface area contributed by atoms with E-state index in [1.54, 1.807) is 0 Å². The third-order valence-corrected chi connectivity index (χ3v) is 5.09. The van der Waals surface area contributed by atoms with E-state index < -0.39 is 42.5 Å². The molecule has 1 fully saturated rings. The summed E-state index contributed by atoms with van der Waals surface area (Å²) < 4.78 is 0. The topological polar surface area (TPSA) is 221 Å². The number of hydrogen-bond donors (Lipinski definition) is 8. The molecule has 13 nitrogen and oxygen atoms in total. The van der Waals surface area contributed by atoms with Gasteiger partial charge in [-0.25, -0.2) is 4.79 Å². The number of rotatable bonds is 14. The molecule has 0 aromatic heterocycles. The molecule has 4 atom stereocenters. The maximum Gasteiger partial charge on any atom is 0.328 e. The fourth-order valence-corrected chi connectivity index (χ4v) is 3.39. The van der Waals surface area contributed by atoms with Crippen LogP contribution in [0, 0.1) is 5.92 Å². The fourth-order valence-electron chi connectivity index (χ4n) is 3.39. The predicted octanol–water partition coefficient (Wildman–Crippen LogP) is -2.63. The Hall–Kier alpha value is -2.93. The summed E-state index contributed by atoms with van der Waals surface area (Å²) in [6.07, 6.45) is 2.32. The lowest BCUT2D eigenvalue weighted by molar-refractivity contribution is -0.143. The zero-order chi connectivity index (χ0) is 25.0. The maximum atomic E-state index is 13.0. The minimum atomic E-state index is -1.52. The average Bonchev–Trinajstić information content (AvgIpc) is 3.27. The van der Waals surface area contributed by atoms with Crippen LogP contribution in [0.3, 0.4) is 0 Å². The van der Waals surface area contributed by atoms with Crippen molar-refractivity contribution in [3.63, 3.8) is 0 Å². The van der Waals surface area contributed by atoms with E-state index in [9.17, 15) is 24.3 Å². The molecule has 1 heterocycles. The van der Waals surface area contributed by atoms with Crippen molar-refractivity contribution in [2.45, 2.75) is 70.1 Å². The smallest absolute Gasteiger partial charge is 0.328 e. The van der Waals surface area contributed by atoms with Crippen molar-refractivity contribution in [3.8, 4) is 0 Å². The standard InChI is InChI=1S/C20H37N7O6/c1-11(2)9-14(26-16(29)12-5-3-7-23-12)18(31)25-13(6-4-8-24-20(21)22)17(30)27-15(10-28)19(32)33/h11-15,23,28H,3-10H2,1-2H3,(H,25,31)(H,26,29)(H,27,30)(H,32,33)(H4,21,22,24). The Morgan fingerprint density at radius 1 is 1.06 bits per heavy atom. The molecule has 1 aliphatic rings. The highest BCUT2D eigenvalue weighted by molar-refractivity contribution is 5.94. The first-order chi connectivity index (χ1) is 15.5. The van der Waals surface area contributed by atoms with E-state index in [0.29, 0.717) is 19.3 Å². The normalized spacial score (nSPS) is 18.1. The molecule has 0 radical (unpaired) electrons. The molecule has 0 aromatic carbocycles. The Morgan fingerprint density at radius 2 is 1.70 bits per heavy atom. The van der Waals surface area contributed by atoms with Crippen molar-refractivity contribution in [1.29, 1.82) is 0 Å². The number of carbonyl (C=O) groups is 4. The molecule has 33 heavy (non-hydrogen) atoms. The second-order valence-electron chi connectivity index (χ2n) is 8.43. The maximum absolute atomic E-state index is 13.0. The Bertz CT molecular complexity index is 705. The van der Waals surface area contributed by atoms with Crippen LogP contribution in [-0.4, -0.2) is 83.7 Å². The Labute approximate surface area is 193 Å². The summed E-state index contributed by atoms with van der Waals surface area (Å²) >= 11 is 0. The van der Waals surface area contributed by atoms with Crippen LogP contribution in [-0.2, 0) is 19.2 Å². The molecule has 0 aromatic rings. The zero-order valence-electron chi connectivity index (χ0n) is 19.2. The third kappa shape index (κ3) is 10.5. The second-order valence-corrected chi connectivity index (χ2v) is 8.43. The molecule has 1 aliphatic heterocycles. The van der Waals surface area contributed by atoms with Crippen molar-refractivity contribution >= 4 is 29.7 Å². The number of aliphatic hydroxyl groups is 1. The van der Waals surface area contributed by atoms with Crippen LogP contribution in [0.15, 0.2) is 4.99 Å². The first-order valence-corrected chi connectivity index (χ1v) is 11.1. The molecule has 0 spiro atoms. The van der Waals surface area contributed by atoms with Crippen molar-refractivity contribution in [1.82, 2.24) is 21.3 Å². The second kappa shape index (κ2) is 14.3. The zero-order valence-corrected chi connectivity index (χ0v) is 19.2. The highest BCUT2D eigenvalue weighted by Gasteiger charge is 2.31. The van der Waals surface area contributed by atoms with E-state index in [1.807, 2.05) is 13.8 Å². The van der Waals surface area contributed by atoms with Gasteiger partial charge in [0, 0.05) is 6.54 Å². The molecule has 1 rings (SSSR count). The molecule has 0 saturated carbocycles. The number of nitrogens with zero attached hydrogens (tertiary/aromatic N) is 1. The SMILES string of the molecule is CC(C)CC(NC(=O)C1CCCN1)C(=O)NC(CCCN=C(N)N)C(=O)NC(CO)C(=O)O. The third-order valence-electron chi connectivity index (χ3n) is 5.09. The molecule has 3 amide bonds. The van der Waals surface area contributed by atoms with Crippen molar-refractivity contribution in [2.24, 2.45) is 22.4 Å². The number of carboxylic acids is 1. The van der Waals surface area contributed by atoms with Crippen molar-refractivity contribution in [3.05, 3.63) is 0 Å². The summed E-state index contributed by atoms with van der Waals surface area (Å²) in [5.74, 6) is -3.07. The number of nitrogens with one attached hydrogen (secondary N) is 4. The number of aliphatic carboxylic acids is 1. The highest BCUT2D eigenvalue weighted by atomic mass is 16.4. The summed E-state index contributed by atoms with van der Waals surface area (Å²) in [4.78, 5) is 53.2. The Morgan fingerprint density at radius 3 is 2.21 bits per heavy atom. The van der Waals surface area contributed by atoms with Gasteiger partial charge in [-0.05, 0) is 44.6 Å². The van der Waals surface area contributed by atoms with Gasteiger partial charge in [-0.2, -0.15) is 0 Å². The van der Waals surface area contributed by atoms with Crippen LogP contribution in [0.4, 0.5) is 0 Å². The Balaban J connectivity index is 2.91. The van der Waals surface area contributed by atoms with Gasteiger partial charge in [-0.3, -0.25) is 19.4 Å². The quantitative estimate of drug-likeness (QED) is 0.0752. The molecule has 10 N–H and O–H groups in total. The van der Waals surface area contributed by atoms with E-state index >= 15 is 0 Å². The lowest BCUT2D eigenvalue weighted by Crippen LogP contribution is -2.57. The number of aliphatic imine (C=N–C) groups is 1. The number of aliphatic hydroxyl groups excluding tert-OH is 1. The van der Waals surface area contributed by atoms with Gasteiger partial charge >= 0.3 is 5.97 Å². The summed E-state index contributed by atoms with van der Waals surface area (Å²) in [7, 11) is 0. The minimum Gasteiger partial charge on any atom is -0.480 e. The molecule has 4 unspecified atom stereocenters. The average molecular weight is 472 g/mol. The summed E-state index contributed by atoms with van der Waals surface area (Å²) in [6, 6.07) is -3.88. The molecule has 13 heteroatoms. The van der Waals surface area contributed by atoms with E-state index in [2.05, 4.69) is 26.3 Å². The van der Waals surface area contributed by atoms with E-state index in [-0.39, 0.29) is 36.8 Å². The first kappa shape index (κ1) is 28.1. The van der Waals surface area contributed by atoms with Gasteiger partial charge in [-0.1, -0.05) is 13.8 Å². The Kier molecular flexibility index (Phi) is 12.1. The van der Waals surface area contributed by atoms with Crippen LogP contribution >= 0.6 is 0 Å². The number of carbonyl (C=O) groups excluding carboxylic acids is 3. The van der Waals surface area contributed by atoms with Gasteiger partial charge < -0.3 is 42.9 Å². The largest absolute Gasteiger partial charge is 0.480 e. The van der Waals surface area contributed by atoms with Gasteiger partial charge in [0.25, 0.3) is 0 Å². The van der Waals surface area contributed by atoms with Gasteiger partial charge in [-0.15, -0.1) is 0 Å². The molecular formula is C20H37N7O6. The molecule has 188 valence electrons.